The highest BCUT2D eigenvalue weighted by Gasteiger charge is 2.28. The highest BCUT2D eigenvalue weighted by molar-refractivity contribution is 6.06. The van der Waals surface area contributed by atoms with Gasteiger partial charge < -0.3 is 19.1 Å². The Kier molecular flexibility index (Phi) is 7.21. The molecule has 3 rings (SSSR count). The normalized spacial score (nSPS) is 15.8. The number of anilines is 1. The van der Waals surface area contributed by atoms with Gasteiger partial charge in [0, 0.05) is 43.5 Å². The minimum absolute atomic E-state index is 0.126. The second-order valence-electron chi connectivity index (χ2n) is 7.04. The zero-order valence-electron chi connectivity index (χ0n) is 17.9. The summed E-state index contributed by atoms with van der Waals surface area (Å²) in [5.74, 6) is 0.0942. The van der Waals surface area contributed by atoms with Crippen LogP contribution in [0.15, 0.2) is 71.7 Å². The molecule has 1 amide bonds. The van der Waals surface area contributed by atoms with E-state index in [1.165, 1.54) is 61.6 Å². The number of amides is 1. The standard InChI is InChI=1S/C23H23FN2O6/c1-30-20-11-15(12-21(31-2)22(20)32-3)14-25(19-6-4-5-17(24)13-19)23(27)16-7-9-18(10-8-16)26(28)29/h4-11,13,21H,12,14H2,1-3H3. The molecule has 1 atom stereocenters. The molecule has 2 aromatic rings. The number of hydrogen-bond acceptors (Lipinski definition) is 6. The zero-order valence-corrected chi connectivity index (χ0v) is 17.9. The van der Waals surface area contributed by atoms with Crippen LogP contribution in [-0.4, -0.2) is 44.8 Å². The summed E-state index contributed by atoms with van der Waals surface area (Å²) in [6.07, 6.45) is 1.80. The molecular weight excluding hydrogens is 419 g/mol. The number of benzene rings is 2. The van der Waals surface area contributed by atoms with Crippen molar-refractivity contribution in [2.75, 3.05) is 32.8 Å². The van der Waals surface area contributed by atoms with Gasteiger partial charge in [0.15, 0.2) is 11.5 Å². The van der Waals surface area contributed by atoms with E-state index in [1.54, 1.807) is 19.3 Å². The molecule has 1 unspecified atom stereocenters. The van der Waals surface area contributed by atoms with E-state index in [1.807, 2.05) is 0 Å². The summed E-state index contributed by atoms with van der Waals surface area (Å²) >= 11 is 0. The van der Waals surface area contributed by atoms with Gasteiger partial charge in [-0.25, -0.2) is 4.39 Å². The smallest absolute Gasteiger partial charge is 0.269 e. The van der Waals surface area contributed by atoms with Crippen molar-refractivity contribution in [1.82, 2.24) is 0 Å². The number of ether oxygens (including phenoxy) is 3. The molecule has 1 aliphatic rings. The van der Waals surface area contributed by atoms with Gasteiger partial charge in [-0.2, -0.15) is 0 Å². The van der Waals surface area contributed by atoms with E-state index >= 15 is 0 Å². The molecule has 0 saturated heterocycles. The first kappa shape index (κ1) is 23.0. The van der Waals surface area contributed by atoms with Crippen LogP contribution in [0.1, 0.15) is 16.8 Å². The number of carbonyl (C=O) groups is 1. The minimum atomic E-state index is -0.539. The van der Waals surface area contributed by atoms with Crippen molar-refractivity contribution in [1.29, 1.82) is 0 Å². The fraction of sp³-hybridized carbons (Fsp3) is 0.261. The van der Waals surface area contributed by atoms with Crippen LogP contribution in [0.5, 0.6) is 0 Å². The highest BCUT2D eigenvalue weighted by Crippen LogP contribution is 2.30. The molecule has 8 nitrogen and oxygen atoms in total. The summed E-state index contributed by atoms with van der Waals surface area (Å²) in [4.78, 5) is 25.1. The van der Waals surface area contributed by atoms with Crippen LogP contribution in [0.4, 0.5) is 15.8 Å². The molecule has 0 N–H and O–H groups in total. The van der Waals surface area contributed by atoms with Crippen LogP contribution in [-0.2, 0) is 14.2 Å². The van der Waals surface area contributed by atoms with Gasteiger partial charge >= 0.3 is 0 Å². The minimum Gasteiger partial charge on any atom is -0.494 e. The van der Waals surface area contributed by atoms with Crippen molar-refractivity contribution in [2.45, 2.75) is 12.5 Å². The number of nitrogens with zero attached hydrogens (tertiary/aromatic N) is 2. The second kappa shape index (κ2) is 10.1. The quantitative estimate of drug-likeness (QED) is 0.449. The van der Waals surface area contributed by atoms with Gasteiger partial charge in [0.2, 0.25) is 0 Å². The first-order valence-corrected chi connectivity index (χ1v) is 9.74. The Hall–Kier alpha value is -3.72. The lowest BCUT2D eigenvalue weighted by Gasteiger charge is -2.29. The summed E-state index contributed by atoms with van der Waals surface area (Å²) in [5, 5.41) is 10.9. The Morgan fingerprint density at radius 3 is 2.44 bits per heavy atom. The summed E-state index contributed by atoms with van der Waals surface area (Å²) in [7, 11) is 4.58. The molecule has 0 radical (unpaired) electrons. The molecule has 32 heavy (non-hydrogen) atoms. The number of nitro groups is 1. The van der Waals surface area contributed by atoms with Crippen LogP contribution in [0, 0.1) is 15.9 Å². The lowest BCUT2D eigenvalue weighted by atomic mass is 9.98. The first-order chi connectivity index (χ1) is 15.4. The molecule has 0 heterocycles. The van der Waals surface area contributed by atoms with Crippen LogP contribution < -0.4 is 4.90 Å². The van der Waals surface area contributed by atoms with E-state index in [0.717, 1.165) is 5.57 Å². The van der Waals surface area contributed by atoms with E-state index in [4.69, 9.17) is 14.2 Å². The van der Waals surface area contributed by atoms with E-state index in [9.17, 15) is 19.3 Å². The maximum Gasteiger partial charge on any atom is 0.269 e. The predicted octanol–water partition coefficient (Wildman–Crippen LogP) is 4.23. The number of halogens is 1. The fourth-order valence-electron chi connectivity index (χ4n) is 3.51. The third-order valence-electron chi connectivity index (χ3n) is 5.09. The molecule has 168 valence electrons. The van der Waals surface area contributed by atoms with E-state index in [2.05, 4.69) is 0 Å². The van der Waals surface area contributed by atoms with Gasteiger partial charge in [-0.05, 0) is 42.0 Å². The zero-order chi connectivity index (χ0) is 23.3. The molecular formula is C23H23FN2O6. The van der Waals surface area contributed by atoms with Gasteiger partial charge in [-0.15, -0.1) is 0 Å². The molecule has 0 bridgehead atoms. The molecule has 2 aromatic carbocycles. The van der Waals surface area contributed by atoms with Crippen LogP contribution in [0.25, 0.3) is 0 Å². The van der Waals surface area contributed by atoms with Crippen LogP contribution in [0.2, 0.25) is 0 Å². The largest absolute Gasteiger partial charge is 0.494 e. The number of nitro benzene ring substituents is 1. The third-order valence-corrected chi connectivity index (χ3v) is 5.09. The van der Waals surface area contributed by atoms with Crippen LogP contribution >= 0.6 is 0 Å². The molecule has 9 heteroatoms. The number of hydrogen-bond donors (Lipinski definition) is 0. The summed E-state index contributed by atoms with van der Waals surface area (Å²) in [6.45, 7) is 0.128. The third kappa shape index (κ3) is 4.94. The number of carbonyl (C=O) groups excluding carboxylic acids is 1. The molecule has 0 aromatic heterocycles. The van der Waals surface area contributed by atoms with Gasteiger partial charge in [-0.3, -0.25) is 14.9 Å². The molecule has 0 fully saturated rings. The predicted molar refractivity (Wildman–Crippen MR) is 116 cm³/mol. The Morgan fingerprint density at radius 2 is 1.88 bits per heavy atom. The molecule has 0 spiro atoms. The number of non-ortho nitro benzene ring substituents is 1. The van der Waals surface area contributed by atoms with Crippen molar-refractivity contribution >= 4 is 17.3 Å². The lowest BCUT2D eigenvalue weighted by molar-refractivity contribution is -0.384. The first-order valence-electron chi connectivity index (χ1n) is 9.74. The van der Waals surface area contributed by atoms with Crippen LogP contribution in [0.3, 0.4) is 0 Å². The van der Waals surface area contributed by atoms with Gasteiger partial charge in [0.05, 0.1) is 19.1 Å². The average Bonchev–Trinajstić information content (AvgIpc) is 2.81. The number of rotatable bonds is 8. The molecule has 0 aliphatic heterocycles. The monoisotopic (exact) mass is 442 g/mol. The van der Waals surface area contributed by atoms with Crippen molar-refractivity contribution in [3.63, 3.8) is 0 Å². The SMILES string of the molecule is COC1=C(OC)C(OC)CC(CN(C(=O)c2ccc([N+](=O)[O-])cc2)c2cccc(F)c2)=C1. The van der Waals surface area contributed by atoms with Crippen molar-refractivity contribution in [2.24, 2.45) is 0 Å². The summed E-state index contributed by atoms with van der Waals surface area (Å²) in [5.41, 5.74) is 1.26. The summed E-state index contributed by atoms with van der Waals surface area (Å²) < 4.78 is 30.3. The van der Waals surface area contributed by atoms with Gasteiger partial charge in [0.1, 0.15) is 11.9 Å². The Labute approximate surface area is 184 Å². The van der Waals surface area contributed by atoms with Crippen molar-refractivity contribution < 1.29 is 28.3 Å². The van der Waals surface area contributed by atoms with Gasteiger partial charge in [-0.1, -0.05) is 6.07 Å². The van der Waals surface area contributed by atoms with Crippen molar-refractivity contribution in [3.8, 4) is 0 Å². The topological polar surface area (TPSA) is 91.1 Å². The number of allylic oxidation sites excluding steroid dienone is 1. The second-order valence-corrected chi connectivity index (χ2v) is 7.04. The van der Waals surface area contributed by atoms with E-state index < -0.39 is 22.8 Å². The molecule has 1 aliphatic carbocycles. The lowest BCUT2D eigenvalue weighted by Crippen LogP contribution is -2.35. The Balaban J connectivity index is 1.99. The number of methoxy groups -OCH3 is 3. The van der Waals surface area contributed by atoms with Crippen molar-refractivity contribution in [3.05, 3.63) is 93.2 Å². The maximum atomic E-state index is 14.0. The average molecular weight is 442 g/mol. The molecule has 0 saturated carbocycles. The van der Waals surface area contributed by atoms with Gasteiger partial charge in [0.25, 0.3) is 11.6 Å². The fourth-order valence-corrected chi connectivity index (χ4v) is 3.51. The summed E-state index contributed by atoms with van der Waals surface area (Å²) in [6, 6.07) is 11.0. The highest BCUT2D eigenvalue weighted by atomic mass is 19.1. The van der Waals surface area contributed by atoms with E-state index in [-0.39, 0.29) is 17.8 Å². The maximum absolute atomic E-state index is 14.0. The van der Waals surface area contributed by atoms with E-state index in [0.29, 0.717) is 23.6 Å². The Morgan fingerprint density at radius 1 is 1.16 bits per heavy atom. The Bertz CT molecular complexity index is 1060.